The molecule has 0 saturated carbocycles. The van der Waals surface area contributed by atoms with Gasteiger partial charge in [0.15, 0.2) is 0 Å². The Hall–Kier alpha value is -3.32. The highest BCUT2D eigenvalue weighted by Gasteiger charge is 2.15. The second-order valence-electron chi connectivity index (χ2n) is 7.76. The molecule has 4 aromatic rings. The van der Waals surface area contributed by atoms with Crippen LogP contribution in [0.15, 0.2) is 81.1 Å². The summed E-state index contributed by atoms with van der Waals surface area (Å²) in [4.78, 5) is 18.0. The highest BCUT2D eigenvalue weighted by atomic mass is 79.9. The predicted molar refractivity (Wildman–Crippen MR) is 133 cm³/mol. The number of nitrogens with zero attached hydrogens (tertiary/aromatic N) is 3. The number of benzene rings is 3. The number of rotatable bonds is 7. The van der Waals surface area contributed by atoms with Crippen molar-refractivity contribution in [1.82, 2.24) is 9.66 Å². The molecule has 0 aliphatic carbocycles. The van der Waals surface area contributed by atoms with Gasteiger partial charge in [0.25, 0.3) is 5.56 Å². The molecule has 5 nitrogen and oxygen atoms in total. The predicted octanol–water partition coefficient (Wildman–Crippen LogP) is 6.27. The molecule has 0 aliphatic heterocycles. The van der Waals surface area contributed by atoms with Gasteiger partial charge in [-0.1, -0.05) is 54.0 Å². The van der Waals surface area contributed by atoms with Crippen LogP contribution in [0.4, 0.5) is 4.39 Å². The molecule has 3 aromatic carbocycles. The van der Waals surface area contributed by atoms with Gasteiger partial charge in [-0.3, -0.25) is 4.79 Å². The lowest BCUT2D eigenvalue weighted by molar-refractivity contribution is 0.305. The van der Waals surface area contributed by atoms with Gasteiger partial charge in [0, 0.05) is 16.0 Å². The summed E-state index contributed by atoms with van der Waals surface area (Å²) in [7, 11) is 0. The summed E-state index contributed by atoms with van der Waals surface area (Å²) in [5, 5.41) is 5.02. The number of fused-ring (bicyclic) bond motifs is 1. The van der Waals surface area contributed by atoms with Crippen molar-refractivity contribution in [2.45, 2.75) is 32.8 Å². The van der Waals surface area contributed by atoms with E-state index in [4.69, 9.17) is 9.72 Å². The number of hydrogen-bond donors (Lipinski definition) is 0. The molecule has 1 atom stereocenters. The number of hydrogen-bond acceptors (Lipinski definition) is 4. The van der Waals surface area contributed by atoms with Gasteiger partial charge in [0.2, 0.25) is 0 Å². The largest absolute Gasteiger partial charge is 0.488 e. The fourth-order valence-electron chi connectivity index (χ4n) is 3.36. The first-order valence-corrected chi connectivity index (χ1v) is 11.5. The fourth-order valence-corrected chi connectivity index (χ4v) is 3.72. The van der Waals surface area contributed by atoms with Crippen molar-refractivity contribution >= 4 is 33.0 Å². The van der Waals surface area contributed by atoms with Crippen LogP contribution in [0.5, 0.6) is 5.75 Å². The Morgan fingerprint density at radius 1 is 1.15 bits per heavy atom. The minimum atomic E-state index is -0.287. The maximum Gasteiger partial charge on any atom is 0.282 e. The molecule has 0 amide bonds. The normalized spacial score (nSPS) is 12.4. The van der Waals surface area contributed by atoms with Gasteiger partial charge in [-0.15, -0.1) is 0 Å². The third-order valence-electron chi connectivity index (χ3n) is 5.43. The fraction of sp³-hybridized carbons (Fsp3) is 0.192. The molecule has 7 heteroatoms. The molecule has 0 saturated heterocycles. The van der Waals surface area contributed by atoms with E-state index in [1.807, 2.05) is 43.3 Å². The van der Waals surface area contributed by atoms with Crippen molar-refractivity contribution in [2.24, 2.45) is 5.10 Å². The van der Waals surface area contributed by atoms with Crippen molar-refractivity contribution < 1.29 is 9.13 Å². The van der Waals surface area contributed by atoms with Crippen LogP contribution in [-0.4, -0.2) is 15.9 Å². The van der Waals surface area contributed by atoms with Crippen molar-refractivity contribution in [2.75, 3.05) is 0 Å². The molecule has 1 aromatic heterocycles. The maximum absolute atomic E-state index is 13.3. The van der Waals surface area contributed by atoms with Crippen LogP contribution in [-0.2, 0) is 6.61 Å². The molecule has 0 bridgehead atoms. The Morgan fingerprint density at radius 3 is 2.67 bits per heavy atom. The summed E-state index contributed by atoms with van der Waals surface area (Å²) in [6.07, 6.45) is 2.43. The molecule has 33 heavy (non-hydrogen) atoms. The van der Waals surface area contributed by atoms with Crippen LogP contribution in [0.2, 0.25) is 0 Å². The van der Waals surface area contributed by atoms with E-state index in [0.717, 1.165) is 22.0 Å². The Bertz CT molecular complexity index is 1370. The van der Waals surface area contributed by atoms with Gasteiger partial charge < -0.3 is 4.74 Å². The third-order valence-corrected chi connectivity index (χ3v) is 5.92. The van der Waals surface area contributed by atoms with Crippen LogP contribution in [0.3, 0.4) is 0 Å². The van der Waals surface area contributed by atoms with Crippen LogP contribution >= 0.6 is 15.9 Å². The van der Waals surface area contributed by atoms with Crippen LogP contribution in [0.1, 0.15) is 43.1 Å². The summed E-state index contributed by atoms with van der Waals surface area (Å²) in [5.41, 5.74) is 1.99. The van der Waals surface area contributed by atoms with Gasteiger partial charge in [-0.2, -0.15) is 9.78 Å². The Labute approximate surface area is 199 Å². The van der Waals surface area contributed by atoms with E-state index in [9.17, 15) is 9.18 Å². The van der Waals surface area contributed by atoms with E-state index in [1.165, 1.54) is 16.8 Å². The van der Waals surface area contributed by atoms with Gasteiger partial charge >= 0.3 is 0 Å². The summed E-state index contributed by atoms with van der Waals surface area (Å²) in [5.74, 6) is 0.983. The smallest absolute Gasteiger partial charge is 0.282 e. The molecular formula is C26H23BrFN3O2. The molecule has 0 radical (unpaired) electrons. The zero-order valence-electron chi connectivity index (χ0n) is 18.3. The van der Waals surface area contributed by atoms with Crippen LogP contribution < -0.4 is 10.3 Å². The van der Waals surface area contributed by atoms with Crippen molar-refractivity contribution in [3.8, 4) is 5.75 Å². The first-order valence-electron chi connectivity index (χ1n) is 10.7. The number of ether oxygens (including phenoxy) is 1. The first-order chi connectivity index (χ1) is 16.0. The van der Waals surface area contributed by atoms with E-state index in [2.05, 4.69) is 28.0 Å². The van der Waals surface area contributed by atoms with E-state index in [0.29, 0.717) is 22.5 Å². The molecule has 1 heterocycles. The summed E-state index contributed by atoms with van der Waals surface area (Å²) in [6.45, 7) is 4.36. The van der Waals surface area contributed by atoms with Crippen molar-refractivity contribution in [3.63, 3.8) is 0 Å². The standard InChI is InChI=1S/C26H23BrFN3O2/c1-3-17(2)25-30-23-13-10-20(27)14-22(23)26(32)31(25)29-15-19-6-4-5-7-24(19)33-16-18-8-11-21(28)12-9-18/h4-15,17H,3,16H2,1-2H3/t17-/m0/s1. The van der Waals surface area contributed by atoms with Crippen molar-refractivity contribution in [3.05, 3.63) is 104 Å². The summed E-state index contributed by atoms with van der Waals surface area (Å²) in [6, 6.07) is 19.1. The monoisotopic (exact) mass is 507 g/mol. The lowest BCUT2D eigenvalue weighted by Crippen LogP contribution is -2.23. The topological polar surface area (TPSA) is 56.5 Å². The van der Waals surface area contributed by atoms with Gasteiger partial charge in [0.05, 0.1) is 17.1 Å². The number of halogens is 2. The average Bonchev–Trinajstić information content (AvgIpc) is 2.83. The van der Waals surface area contributed by atoms with Gasteiger partial charge in [-0.25, -0.2) is 9.37 Å². The Kier molecular flexibility index (Phi) is 6.99. The van der Waals surface area contributed by atoms with E-state index in [-0.39, 0.29) is 23.9 Å². The maximum atomic E-state index is 13.3. The minimum Gasteiger partial charge on any atom is -0.488 e. The molecule has 0 N–H and O–H groups in total. The Balaban J connectivity index is 1.70. The molecular weight excluding hydrogens is 485 g/mol. The van der Waals surface area contributed by atoms with Gasteiger partial charge in [-0.05, 0) is 54.4 Å². The molecule has 0 spiro atoms. The SMILES string of the molecule is CC[C@H](C)c1nc2ccc(Br)cc2c(=O)n1N=Cc1ccccc1OCc1ccc(F)cc1. The van der Waals surface area contributed by atoms with Crippen LogP contribution in [0.25, 0.3) is 10.9 Å². The zero-order valence-corrected chi connectivity index (χ0v) is 19.9. The molecule has 0 unspecified atom stereocenters. The highest BCUT2D eigenvalue weighted by molar-refractivity contribution is 9.10. The molecule has 4 rings (SSSR count). The first kappa shape index (κ1) is 22.9. The Morgan fingerprint density at radius 2 is 1.91 bits per heavy atom. The number of aromatic nitrogens is 2. The molecule has 0 fully saturated rings. The second kappa shape index (κ2) is 10.1. The van der Waals surface area contributed by atoms with E-state index >= 15 is 0 Å². The van der Waals surface area contributed by atoms with E-state index < -0.39 is 0 Å². The minimum absolute atomic E-state index is 0.0490. The zero-order chi connectivity index (χ0) is 23.4. The van der Waals surface area contributed by atoms with Crippen molar-refractivity contribution in [1.29, 1.82) is 0 Å². The third kappa shape index (κ3) is 5.20. The lowest BCUT2D eigenvalue weighted by Gasteiger charge is -2.14. The van der Waals surface area contributed by atoms with Gasteiger partial charge in [0.1, 0.15) is 24.0 Å². The number of para-hydroxylation sites is 1. The lowest BCUT2D eigenvalue weighted by atomic mass is 10.1. The average molecular weight is 508 g/mol. The second-order valence-corrected chi connectivity index (χ2v) is 8.67. The van der Waals surface area contributed by atoms with E-state index in [1.54, 1.807) is 24.4 Å². The highest BCUT2D eigenvalue weighted by Crippen LogP contribution is 2.22. The van der Waals surface area contributed by atoms with Crippen LogP contribution in [0, 0.1) is 5.82 Å². The molecule has 0 aliphatic rings. The quantitative estimate of drug-likeness (QED) is 0.277. The molecule has 168 valence electrons. The summed E-state index contributed by atoms with van der Waals surface area (Å²) >= 11 is 3.43. The summed E-state index contributed by atoms with van der Waals surface area (Å²) < 4.78 is 21.3.